The van der Waals surface area contributed by atoms with Gasteiger partial charge in [-0.05, 0) is 24.6 Å². The quantitative estimate of drug-likeness (QED) is 0.856. The van der Waals surface area contributed by atoms with Crippen molar-refractivity contribution in [2.75, 3.05) is 32.0 Å². The van der Waals surface area contributed by atoms with Gasteiger partial charge in [0, 0.05) is 39.4 Å². The van der Waals surface area contributed by atoms with Crippen molar-refractivity contribution in [3.8, 4) is 0 Å². The van der Waals surface area contributed by atoms with Gasteiger partial charge in [-0.3, -0.25) is 0 Å². The van der Waals surface area contributed by atoms with Gasteiger partial charge in [-0.2, -0.15) is 0 Å². The lowest BCUT2D eigenvalue weighted by Crippen LogP contribution is -2.28. The van der Waals surface area contributed by atoms with Gasteiger partial charge >= 0.3 is 6.03 Å². The highest BCUT2D eigenvalue weighted by atomic mass is 16.2. The number of nitrogens with one attached hydrogen (secondary N) is 1. The first-order chi connectivity index (χ1) is 8.20. The SMILES string of the molecule is CCNc1cc(CN2CCN(C)C2=O)ccn1. The molecule has 1 aliphatic rings. The van der Waals surface area contributed by atoms with Crippen LogP contribution in [0.4, 0.5) is 10.6 Å². The van der Waals surface area contributed by atoms with Gasteiger partial charge in [0.05, 0.1) is 0 Å². The van der Waals surface area contributed by atoms with Crippen LogP contribution in [0.15, 0.2) is 18.3 Å². The molecule has 92 valence electrons. The first-order valence-corrected chi connectivity index (χ1v) is 5.89. The summed E-state index contributed by atoms with van der Waals surface area (Å²) in [6, 6.07) is 4.05. The third-order valence-corrected chi connectivity index (χ3v) is 2.86. The van der Waals surface area contributed by atoms with Crippen molar-refractivity contribution in [1.29, 1.82) is 0 Å². The molecule has 1 saturated heterocycles. The van der Waals surface area contributed by atoms with Crippen LogP contribution in [0.1, 0.15) is 12.5 Å². The first-order valence-electron chi connectivity index (χ1n) is 5.89. The number of carbonyl (C=O) groups excluding carboxylic acids is 1. The molecule has 17 heavy (non-hydrogen) atoms. The van der Waals surface area contributed by atoms with Crippen molar-refractivity contribution in [2.45, 2.75) is 13.5 Å². The van der Waals surface area contributed by atoms with Crippen molar-refractivity contribution in [3.63, 3.8) is 0 Å². The molecule has 1 aromatic rings. The maximum atomic E-state index is 11.7. The summed E-state index contributed by atoms with van der Waals surface area (Å²) in [5.41, 5.74) is 1.11. The lowest BCUT2D eigenvalue weighted by atomic mass is 10.2. The monoisotopic (exact) mass is 234 g/mol. The van der Waals surface area contributed by atoms with E-state index in [9.17, 15) is 4.79 Å². The molecule has 5 heteroatoms. The molecule has 2 heterocycles. The van der Waals surface area contributed by atoms with Crippen LogP contribution in [0, 0.1) is 0 Å². The fraction of sp³-hybridized carbons (Fsp3) is 0.500. The Morgan fingerprint density at radius 3 is 2.94 bits per heavy atom. The molecule has 2 rings (SSSR count). The number of hydrogen-bond acceptors (Lipinski definition) is 3. The van der Waals surface area contributed by atoms with Gasteiger partial charge in [0.2, 0.25) is 0 Å². The molecular formula is C12H18N4O. The molecule has 0 aliphatic carbocycles. The van der Waals surface area contributed by atoms with Crippen LogP contribution in [-0.2, 0) is 6.54 Å². The molecule has 0 bridgehead atoms. The molecule has 1 aliphatic heterocycles. The lowest BCUT2D eigenvalue weighted by Gasteiger charge is -2.16. The number of carbonyl (C=O) groups is 1. The number of nitrogens with zero attached hydrogens (tertiary/aromatic N) is 3. The molecule has 0 unspecified atom stereocenters. The molecule has 5 nitrogen and oxygen atoms in total. The maximum absolute atomic E-state index is 11.7. The van der Waals surface area contributed by atoms with Crippen LogP contribution in [0.25, 0.3) is 0 Å². The molecule has 1 aromatic heterocycles. The summed E-state index contributed by atoms with van der Waals surface area (Å²) >= 11 is 0. The Bertz CT molecular complexity index is 407. The largest absolute Gasteiger partial charge is 0.370 e. The zero-order valence-corrected chi connectivity index (χ0v) is 10.3. The van der Waals surface area contributed by atoms with Gasteiger partial charge in [0.25, 0.3) is 0 Å². The average molecular weight is 234 g/mol. The lowest BCUT2D eigenvalue weighted by molar-refractivity contribution is 0.197. The van der Waals surface area contributed by atoms with Crippen molar-refractivity contribution < 1.29 is 4.79 Å². The van der Waals surface area contributed by atoms with Gasteiger partial charge in [-0.1, -0.05) is 0 Å². The van der Waals surface area contributed by atoms with E-state index in [1.807, 2.05) is 31.0 Å². The number of hydrogen-bond donors (Lipinski definition) is 1. The van der Waals surface area contributed by atoms with E-state index in [2.05, 4.69) is 10.3 Å². The van der Waals surface area contributed by atoms with Gasteiger partial charge < -0.3 is 15.1 Å². The van der Waals surface area contributed by atoms with E-state index in [0.717, 1.165) is 31.0 Å². The molecule has 0 spiro atoms. The van der Waals surface area contributed by atoms with Crippen molar-refractivity contribution in [3.05, 3.63) is 23.9 Å². The van der Waals surface area contributed by atoms with E-state index >= 15 is 0 Å². The van der Waals surface area contributed by atoms with Crippen molar-refractivity contribution >= 4 is 11.8 Å². The van der Waals surface area contributed by atoms with E-state index in [4.69, 9.17) is 0 Å². The predicted octanol–water partition coefficient (Wildman–Crippen LogP) is 1.38. The molecule has 2 amide bonds. The van der Waals surface area contributed by atoms with E-state index < -0.39 is 0 Å². The minimum Gasteiger partial charge on any atom is -0.370 e. The maximum Gasteiger partial charge on any atom is 0.320 e. The molecule has 0 saturated carbocycles. The van der Waals surface area contributed by atoms with Gasteiger partial charge in [0.15, 0.2) is 0 Å². The standard InChI is InChI=1S/C12H18N4O/c1-3-13-11-8-10(4-5-14-11)9-16-7-6-15(2)12(16)17/h4-5,8H,3,6-7,9H2,1-2H3,(H,13,14). The summed E-state index contributed by atoms with van der Waals surface area (Å²) in [6.45, 7) is 5.15. The smallest absolute Gasteiger partial charge is 0.320 e. The number of aromatic nitrogens is 1. The summed E-state index contributed by atoms with van der Waals surface area (Å²) in [7, 11) is 1.83. The Morgan fingerprint density at radius 1 is 1.47 bits per heavy atom. The molecular weight excluding hydrogens is 216 g/mol. The summed E-state index contributed by atoms with van der Waals surface area (Å²) in [4.78, 5) is 19.5. The number of likely N-dealkylation sites (N-methyl/N-ethyl adjacent to an activating group) is 1. The highest BCUT2D eigenvalue weighted by Crippen LogP contribution is 2.13. The number of amides is 2. The second-order valence-corrected chi connectivity index (χ2v) is 4.21. The highest BCUT2D eigenvalue weighted by Gasteiger charge is 2.24. The summed E-state index contributed by atoms with van der Waals surface area (Å²) in [5, 5.41) is 3.17. The number of anilines is 1. The zero-order valence-electron chi connectivity index (χ0n) is 10.3. The normalized spacial score (nSPS) is 15.5. The molecule has 1 N–H and O–H groups in total. The van der Waals surface area contributed by atoms with Gasteiger partial charge in [-0.25, -0.2) is 9.78 Å². The first kappa shape index (κ1) is 11.7. The Labute approximate surface area is 101 Å². The second-order valence-electron chi connectivity index (χ2n) is 4.21. The Kier molecular flexibility index (Phi) is 3.46. The molecule has 0 radical (unpaired) electrons. The Morgan fingerprint density at radius 2 is 2.29 bits per heavy atom. The van der Waals surface area contributed by atoms with Crippen LogP contribution < -0.4 is 5.32 Å². The van der Waals surface area contributed by atoms with Crippen LogP contribution in [0.2, 0.25) is 0 Å². The summed E-state index contributed by atoms with van der Waals surface area (Å²) < 4.78 is 0. The predicted molar refractivity (Wildman–Crippen MR) is 66.8 cm³/mol. The Balaban J connectivity index is 2.03. The van der Waals surface area contributed by atoms with E-state index in [1.165, 1.54) is 0 Å². The van der Waals surface area contributed by atoms with E-state index in [0.29, 0.717) is 6.54 Å². The van der Waals surface area contributed by atoms with E-state index in [1.54, 1.807) is 11.1 Å². The third kappa shape index (κ3) is 2.67. The topological polar surface area (TPSA) is 48.5 Å². The molecule has 1 fully saturated rings. The number of rotatable bonds is 4. The summed E-state index contributed by atoms with van der Waals surface area (Å²) in [6.07, 6.45) is 1.78. The third-order valence-electron chi connectivity index (χ3n) is 2.86. The minimum atomic E-state index is 0.104. The zero-order chi connectivity index (χ0) is 12.3. The second kappa shape index (κ2) is 5.03. The summed E-state index contributed by atoms with van der Waals surface area (Å²) in [5.74, 6) is 0.866. The highest BCUT2D eigenvalue weighted by molar-refractivity contribution is 5.76. The van der Waals surface area contributed by atoms with Gasteiger partial charge in [-0.15, -0.1) is 0 Å². The minimum absolute atomic E-state index is 0.104. The van der Waals surface area contributed by atoms with Crippen LogP contribution in [-0.4, -0.2) is 47.5 Å². The van der Waals surface area contributed by atoms with Gasteiger partial charge in [0.1, 0.15) is 5.82 Å². The number of urea groups is 1. The fourth-order valence-corrected chi connectivity index (χ4v) is 1.92. The van der Waals surface area contributed by atoms with E-state index in [-0.39, 0.29) is 6.03 Å². The van der Waals surface area contributed by atoms with Crippen molar-refractivity contribution in [1.82, 2.24) is 14.8 Å². The average Bonchev–Trinajstić information content (AvgIpc) is 2.62. The van der Waals surface area contributed by atoms with Crippen LogP contribution in [0.5, 0.6) is 0 Å². The Hall–Kier alpha value is -1.78. The molecule has 0 aromatic carbocycles. The fourth-order valence-electron chi connectivity index (χ4n) is 1.92. The van der Waals surface area contributed by atoms with Crippen LogP contribution >= 0.6 is 0 Å². The van der Waals surface area contributed by atoms with Crippen LogP contribution in [0.3, 0.4) is 0 Å². The molecule has 0 atom stereocenters. The van der Waals surface area contributed by atoms with Crippen molar-refractivity contribution in [2.24, 2.45) is 0 Å². The number of pyridine rings is 1.